The summed E-state index contributed by atoms with van der Waals surface area (Å²) in [4.78, 5) is 3.94. The highest BCUT2D eigenvalue weighted by molar-refractivity contribution is 9.10. The maximum atomic E-state index is 13.4. The summed E-state index contributed by atoms with van der Waals surface area (Å²) < 4.78 is 16.3. The van der Waals surface area contributed by atoms with Crippen LogP contribution in [-0.2, 0) is 6.54 Å². The minimum Gasteiger partial charge on any atom is -0.305 e. The van der Waals surface area contributed by atoms with E-state index in [2.05, 4.69) is 38.3 Å². The molecule has 1 N–H and O–H groups in total. The number of aryl methyl sites for hydroxylation is 1. The monoisotopic (exact) mass is 340 g/mol. The van der Waals surface area contributed by atoms with E-state index in [9.17, 15) is 4.39 Å². The Morgan fingerprint density at radius 1 is 1.35 bits per heavy atom. The van der Waals surface area contributed by atoms with Gasteiger partial charge in [-0.1, -0.05) is 13.8 Å². The first-order valence-corrected chi connectivity index (χ1v) is 7.51. The van der Waals surface area contributed by atoms with Gasteiger partial charge in [-0.15, -0.1) is 0 Å². The van der Waals surface area contributed by atoms with Crippen LogP contribution in [0.15, 0.2) is 29.1 Å². The van der Waals surface area contributed by atoms with Gasteiger partial charge in [-0.25, -0.2) is 4.39 Å². The number of nitrogens with one attached hydrogen (secondary N) is 1. The quantitative estimate of drug-likeness (QED) is 0.877. The van der Waals surface area contributed by atoms with Crippen molar-refractivity contribution < 1.29 is 4.39 Å². The second-order valence-electron chi connectivity index (χ2n) is 4.53. The Labute approximate surface area is 126 Å². The van der Waals surface area contributed by atoms with Gasteiger partial charge in [-0.2, -0.15) is 5.10 Å². The Balaban J connectivity index is 2.45. The summed E-state index contributed by atoms with van der Waals surface area (Å²) in [6.07, 6.45) is 5.67. The van der Waals surface area contributed by atoms with Crippen molar-refractivity contribution in [3.63, 3.8) is 0 Å². The highest BCUT2D eigenvalue weighted by Crippen LogP contribution is 2.28. The van der Waals surface area contributed by atoms with Crippen LogP contribution >= 0.6 is 15.9 Å². The second-order valence-corrected chi connectivity index (χ2v) is 5.38. The van der Waals surface area contributed by atoms with E-state index in [4.69, 9.17) is 0 Å². The van der Waals surface area contributed by atoms with Crippen molar-refractivity contribution in [2.24, 2.45) is 0 Å². The van der Waals surface area contributed by atoms with Gasteiger partial charge in [0.05, 0.1) is 28.6 Å². The highest BCUT2D eigenvalue weighted by atomic mass is 79.9. The lowest BCUT2D eigenvalue weighted by atomic mass is 10.1. The normalized spacial score (nSPS) is 12.6. The van der Waals surface area contributed by atoms with Crippen molar-refractivity contribution in [3.8, 4) is 0 Å². The van der Waals surface area contributed by atoms with E-state index >= 15 is 0 Å². The third-order valence-electron chi connectivity index (χ3n) is 3.01. The molecule has 0 aliphatic rings. The number of pyridine rings is 1. The van der Waals surface area contributed by atoms with Gasteiger partial charge in [0.25, 0.3) is 0 Å². The number of halogens is 2. The maximum absolute atomic E-state index is 13.4. The van der Waals surface area contributed by atoms with Crippen LogP contribution < -0.4 is 5.32 Å². The average Bonchev–Trinajstić information content (AvgIpc) is 2.78. The van der Waals surface area contributed by atoms with Gasteiger partial charge in [-0.05, 0) is 40.5 Å². The van der Waals surface area contributed by atoms with Crippen LogP contribution in [0, 0.1) is 5.82 Å². The molecule has 20 heavy (non-hydrogen) atoms. The molecule has 0 spiro atoms. The zero-order chi connectivity index (χ0) is 14.5. The molecular weight excluding hydrogens is 323 g/mol. The molecule has 4 nitrogen and oxygen atoms in total. The minimum atomic E-state index is -0.330. The van der Waals surface area contributed by atoms with Crippen molar-refractivity contribution in [1.82, 2.24) is 20.1 Å². The Morgan fingerprint density at radius 3 is 2.80 bits per heavy atom. The molecule has 0 saturated heterocycles. The predicted molar refractivity (Wildman–Crippen MR) is 79.9 cm³/mol. The van der Waals surface area contributed by atoms with Crippen molar-refractivity contribution >= 4 is 15.9 Å². The molecule has 108 valence electrons. The van der Waals surface area contributed by atoms with E-state index in [1.807, 2.05) is 11.6 Å². The van der Waals surface area contributed by atoms with Gasteiger partial charge >= 0.3 is 0 Å². The number of hydrogen-bond donors (Lipinski definition) is 1. The molecule has 2 aromatic rings. The number of aromatic nitrogens is 3. The molecule has 0 amide bonds. The molecule has 2 rings (SSSR count). The topological polar surface area (TPSA) is 42.7 Å². The van der Waals surface area contributed by atoms with Crippen molar-refractivity contribution in [3.05, 3.63) is 46.2 Å². The highest BCUT2D eigenvalue weighted by Gasteiger charge is 2.21. The van der Waals surface area contributed by atoms with Crippen LogP contribution in [0.25, 0.3) is 0 Å². The van der Waals surface area contributed by atoms with E-state index < -0.39 is 0 Å². The molecule has 0 fully saturated rings. The standard InChI is InChI=1S/C14H18BrFN4/c1-3-5-20-14(12(15)9-19-20)13(18-4-2)10-6-11(16)8-17-7-10/h6-9,13,18H,3-5H2,1-2H3. The molecule has 0 radical (unpaired) electrons. The Hall–Kier alpha value is -1.27. The van der Waals surface area contributed by atoms with E-state index in [0.29, 0.717) is 0 Å². The third kappa shape index (κ3) is 3.24. The molecule has 0 aliphatic heterocycles. The molecule has 2 heterocycles. The summed E-state index contributed by atoms with van der Waals surface area (Å²) in [7, 11) is 0. The predicted octanol–water partition coefficient (Wildman–Crippen LogP) is 3.29. The molecule has 0 saturated carbocycles. The van der Waals surface area contributed by atoms with Gasteiger partial charge < -0.3 is 5.32 Å². The Kier molecular flexibility index (Phi) is 5.25. The van der Waals surface area contributed by atoms with Gasteiger partial charge in [0.2, 0.25) is 0 Å². The smallest absolute Gasteiger partial charge is 0.141 e. The number of nitrogens with zero attached hydrogens (tertiary/aromatic N) is 3. The fourth-order valence-electron chi connectivity index (χ4n) is 2.21. The summed E-state index contributed by atoms with van der Waals surface area (Å²) >= 11 is 3.54. The maximum Gasteiger partial charge on any atom is 0.141 e. The lowest BCUT2D eigenvalue weighted by Crippen LogP contribution is -2.25. The zero-order valence-electron chi connectivity index (χ0n) is 11.6. The van der Waals surface area contributed by atoms with E-state index in [1.54, 1.807) is 12.4 Å². The lowest BCUT2D eigenvalue weighted by molar-refractivity contribution is 0.515. The van der Waals surface area contributed by atoms with Crippen molar-refractivity contribution in [2.75, 3.05) is 6.54 Å². The SMILES string of the molecule is CCCn1ncc(Br)c1C(NCC)c1cncc(F)c1. The lowest BCUT2D eigenvalue weighted by Gasteiger charge is -2.20. The van der Waals surface area contributed by atoms with Crippen LogP contribution in [0.3, 0.4) is 0 Å². The van der Waals surface area contributed by atoms with E-state index in [-0.39, 0.29) is 11.9 Å². The molecule has 0 aliphatic carbocycles. The van der Waals surface area contributed by atoms with Crippen LogP contribution in [0.1, 0.15) is 37.6 Å². The Morgan fingerprint density at radius 2 is 2.15 bits per heavy atom. The van der Waals surface area contributed by atoms with Crippen LogP contribution in [0.4, 0.5) is 4.39 Å². The van der Waals surface area contributed by atoms with Crippen molar-refractivity contribution in [2.45, 2.75) is 32.9 Å². The average molecular weight is 341 g/mol. The van der Waals surface area contributed by atoms with Crippen molar-refractivity contribution in [1.29, 1.82) is 0 Å². The summed E-state index contributed by atoms with van der Waals surface area (Å²) in [6, 6.07) is 1.38. The van der Waals surface area contributed by atoms with E-state index in [1.165, 1.54) is 12.3 Å². The first-order valence-electron chi connectivity index (χ1n) is 6.72. The summed E-state index contributed by atoms with van der Waals surface area (Å²) in [5.74, 6) is -0.330. The molecule has 1 unspecified atom stereocenters. The van der Waals surface area contributed by atoms with Gasteiger partial charge in [-0.3, -0.25) is 9.67 Å². The van der Waals surface area contributed by atoms with Gasteiger partial charge in [0, 0.05) is 12.7 Å². The summed E-state index contributed by atoms with van der Waals surface area (Å²) in [6.45, 7) is 5.72. The van der Waals surface area contributed by atoms with Crippen LogP contribution in [-0.4, -0.2) is 21.3 Å². The molecule has 6 heteroatoms. The summed E-state index contributed by atoms with van der Waals surface area (Å²) in [5.41, 5.74) is 1.80. The fourth-order valence-corrected chi connectivity index (χ4v) is 2.74. The Bertz CT molecular complexity index is 570. The molecule has 2 aromatic heterocycles. The van der Waals surface area contributed by atoms with Crippen LogP contribution in [0.2, 0.25) is 0 Å². The molecule has 0 bridgehead atoms. The first kappa shape index (κ1) is 15.1. The molecule has 0 aromatic carbocycles. The molecule has 1 atom stereocenters. The zero-order valence-corrected chi connectivity index (χ0v) is 13.2. The minimum absolute atomic E-state index is 0.133. The third-order valence-corrected chi connectivity index (χ3v) is 3.62. The largest absolute Gasteiger partial charge is 0.305 e. The van der Waals surface area contributed by atoms with E-state index in [0.717, 1.165) is 35.2 Å². The van der Waals surface area contributed by atoms with Gasteiger partial charge in [0.1, 0.15) is 5.82 Å². The van der Waals surface area contributed by atoms with Crippen LogP contribution in [0.5, 0.6) is 0 Å². The first-order chi connectivity index (χ1) is 9.67. The molecular formula is C14H18BrFN4. The number of rotatable bonds is 6. The van der Waals surface area contributed by atoms with Gasteiger partial charge in [0.15, 0.2) is 0 Å². The summed E-state index contributed by atoms with van der Waals surface area (Å²) in [5, 5.41) is 7.74. The fraction of sp³-hybridized carbons (Fsp3) is 0.429. The second kappa shape index (κ2) is 6.95. The number of hydrogen-bond acceptors (Lipinski definition) is 3.